The van der Waals surface area contributed by atoms with E-state index in [1.165, 1.54) is 6.20 Å². The van der Waals surface area contributed by atoms with Crippen molar-refractivity contribution in [1.82, 2.24) is 25.0 Å². The van der Waals surface area contributed by atoms with E-state index in [4.69, 9.17) is 0 Å². The summed E-state index contributed by atoms with van der Waals surface area (Å²) >= 11 is 0. The Labute approximate surface area is 129 Å². The van der Waals surface area contributed by atoms with Crippen LogP contribution in [0.2, 0.25) is 0 Å². The average molecular weight is 303 g/mol. The molecule has 0 bridgehead atoms. The highest BCUT2D eigenvalue weighted by atomic mass is 16.2. The van der Waals surface area contributed by atoms with Gasteiger partial charge in [0.1, 0.15) is 11.4 Å². The third-order valence-electron chi connectivity index (χ3n) is 2.93. The Morgan fingerprint density at radius 3 is 2.45 bits per heavy atom. The summed E-state index contributed by atoms with van der Waals surface area (Å²) < 4.78 is 3.42. The zero-order valence-corrected chi connectivity index (χ0v) is 13.3. The number of rotatable bonds is 4. The molecule has 7 heteroatoms. The Bertz CT molecular complexity index is 665. The number of amides is 2. The fraction of sp³-hybridized carbons (Fsp3) is 0.400. The molecule has 0 saturated carbocycles. The molecule has 118 valence electrons. The summed E-state index contributed by atoms with van der Waals surface area (Å²) in [6.07, 6.45) is 5.16. The van der Waals surface area contributed by atoms with E-state index in [1.54, 1.807) is 16.3 Å². The van der Waals surface area contributed by atoms with Crippen molar-refractivity contribution in [2.24, 2.45) is 7.05 Å². The normalized spacial score (nSPS) is 11.3. The van der Waals surface area contributed by atoms with Crippen LogP contribution in [0.5, 0.6) is 0 Å². The van der Waals surface area contributed by atoms with Crippen LogP contribution in [0.15, 0.2) is 30.7 Å². The molecule has 2 amide bonds. The monoisotopic (exact) mass is 303 g/mol. The van der Waals surface area contributed by atoms with Gasteiger partial charge in [0.05, 0.1) is 12.7 Å². The first-order valence-electron chi connectivity index (χ1n) is 7.02. The first-order valence-corrected chi connectivity index (χ1v) is 7.02. The lowest BCUT2D eigenvalue weighted by Gasteiger charge is -2.20. The Balaban J connectivity index is 2.07. The Morgan fingerprint density at radius 2 is 1.86 bits per heavy atom. The number of aromatic nitrogens is 3. The van der Waals surface area contributed by atoms with Crippen molar-refractivity contribution in [3.63, 3.8) is 0 Å². The smallest absolute Gasteiger partial charge is 0.257 e. The maximum atomic E-state index is 12.3. The van der Waals surface area contributed by atoms with E-state index < -0.39 is 0 Å². The molecular formula is C15H21N5O2. The summed E-state index contributed by atoms with van der Waals surface area (Å²) in [5, 5.41) is 9.53. The van der Waals surface area contributed by atoms with Crippen molar-refractivity contribution in [3.05, 3.63) is 36.3 Å². The molecule has 2 aromatic heterocycles. The summed E-state index contributed by atoms with van der Waals surface area (Å²) in [7, 11) is 1.76. The van der Waals surface area contributed by atoms with Gasteiger partial charge < -0.3 is 15.2 Å². The van der Waals surface area contributed by atoms with Crippen molar-refractivity contribution in [1.29, 1.82) is 0 Å². The molecule has 2 rings (SSSR count). The maximum Gasteiger partial charge on any atom is 0.257 e. The predicted molar refractivity (Wildman–Crippen MR) is 82.8 cm³/mol. The molecule has 0 aromatic carbocycles. The van der Waals surface area contributed by atoms with Gasteiger partial charge in [-0.05, 0) is 32.9 Å². The Morgan fingerprint density at radius 1 is 1.23 bits per heavy atom. The predicted octanol–water partition coefficient (Wildman–Crippen LogP) is 0.855. The number of nitrogens with zero attached hydrogens (tertiary/aromatic N) is 3. The van der Waals surface area contributed by atoms with Crippen LogP contribution in [0.25, 0.3) is 5.82 Å². The lowest BCUT2D eigenvalue weighted by Crippen LogP contribution is -2.45. The van der Waals surface area contributed by atoms with E-state index in [9.17, 15) is 9.59 Å². The second-order valence-corrected chi connectivity index (χ2v) is 6.08. The van der Waals surface area contributed by atoms with E-state index in [0.717, 1.165) is 0 Å². The molecule has 0 fully saturated rings. The molecule has 2 N–H and O–H groups in total. The highest BCUT2D eigenvalue weighted by Crippen LogP contribution is 2.13. The van der Waals surface area contributed by atoms with Gasteiger partial charge in [0.25, 0.3) is 5.91 Å². The maximum absolute atomic E-state index is 12.3. The van der Waals surface area contributed by atoms with Crippen molar-refractivity contribution in [3.8, 4) is 5.82 Å². The van der Waals surface area contributed by atoms with Crippen LogP contribution in [0, 0.1) is 0 Å². The summed E-state index contributed by atoms with van der Waals surface area (Å²) in [4.78, 5) is 24.0. The van der Waals surface area contributed by atoms with Crippen LogP contribution in [0.1, 0.15) is 31.1 Å². The minimum atomic E-state index is -0.333. The van der Waals surface area contributed by atoms with Crippen molar-refractivity contribution in [2.45, 2.75) is 26.3 Å². The summed E-state index contributed by atoms with van der Waals surface area (Å²) in [5.74, 6) is 0.0897. The molecule has 0 aliphatic rings. The SMILES string of the molecule is Cn1ncc(C(=O)NCC(=O)NC(C)(C)C)c1-n1cccc1. The van der Waals surface area contributed by atoms with E-state index >= 15 is 0 Å². The summed E-state index contributed by atoms with van der Waals surface area (Å²) in [6, 6.07) is 3.73. The largest absolute Gasteiger partial charge is 0.350 e. The summed E-state index contributed by atoms with van der Waals surface area (Å²) in [6.45, 7) is 5.59. The lowest BCUT2D eigenvalue weighted by atomic mass is 10.1. The van der Waals surface area contributed by atoms with Gasteiger partial charge in [-0.2, -0.15) is 5.10 Å². The van der Waals surface area contributed by atoms with Crippen molar-refractivity contribution < 1.29 is 9.59 Å². The van der Waals surface area contributed by atoms with Crippen molar-refractivity contribution in [2.75, 3.05) is 6.54 Å². The molecule has 0 radical (unpaired) electrons. The van der Waals surface area contributed by atoms with Crippen LogP contribution >= 0.6 is 0 Å². The van der Waals surface area contributed by atoms with Crippen molar-refractivity contribution >= 4 is 11.8 Å². The molecule has 0 saturated heterocycles. The fourth-order valence-electron chi connectivity index (χ4n) is 2.09. The van der Waals surface area contributed by atoms with Crippen LogP contribution in [0.4, 0.5) is 0 Å². The van der Waals surface area contributed by atoms with Gasteiger partial charge in [0.15, 0.2) is 0 Å². The molecule has 0 aliphatic carbocycles. The third kappa shape index (κ3) is 3.75. The minimum Gasteiger partial charge on any atom is -0.350 e. The van der Waals surface area contributed by atoms with E-state index in [1.807, 2.05) is 45.3 Å². The second kappa shape index (κ2) is 6.05. The van der Waals surface area contributed by atoms with E-state index in [0.29, 0.717) is 11.4 Å². The van der Waals surface area contributed by atoms with E-state index in [2.05, 4.69) is 15.7 Å². The number of aryl methyl sites for hydroxylation is 1. The van der Waals surface area contributed by atoms with Gasteiger partial charge in [0, 0.05) is 25.0 Å². The number of nitrogens with one attached hydrogen (secondary N) is 2. The highest BCUT2D eigenvalue weighted by molar-refractivity contribution is 5.98. The minimum absolute atomic E-state index is 0.0733. The van der Waals surface area contributed by atoms with Gasteiger partial charge in [-0.15, -0.1) is 0 Å². The zero-order valence-electron chi connectivity index (χ0n) is 13.3. The number of hydrogen-bond donors (Lipinski definition) is 2. The molecule has 2 heterocycles. The first kappa shape index (κ1) is 15.8. The van der Waals surface area contributed by atoms with Crippen LogP contribution in [0.3, 0.4) is 0 Å². The Hall–Kier alpha value is -2.57. The summed E-state index contributed by atoms with van der Waals surface area (Å²) in [5.41, 5.74) is 0.0918. The molecule has 0 spiro atoms. The first-order chi connectivity index (χ1) is 10.3. The third-order valence-corrected chi connectivity index (χ3v) is 2.93. The van der Waals surface area contributed by atoms with Crippen LogP contribution in [-0.4, -0.2) is 38.2 Å². The molecule has 7 nitrogen and oxygen atoms in total. The molecule has 2 aromatic rings. The highest BCUT2D eigenvalue weighted by Gasteiger charge is 2.19. The van der Waals surface area contributed by atoms with Gasteiger partial charge in [-0.1, -0.05) is 0 Å². The number of carbonyl (C=O) groups is 2. The quantitative estimate of drug-likeness (QED) is 0.879. The Kier molecular flexibility index (Phi) is 4.35. The average Bonchev–Trinajstić information content (AvgIpc) is 3.02. The number of hydrogen-bond acceptors (Lipinski definition) is 3. The van der Waals surface area contributed by atoms with Gasteiger partial charge in [-0.25, -0.2) is 0 Å². The fourth-order valence-corrected chi connectivity index (χ4v) is 2.09. The van der Waals surface area contributed by atoms with Gasteiger partial charge >= 0.3 is 0 Å². The zero-order chi connectivity index (χ0) is 16.3. The van der Waals surface area contributed by atoms with Gasteiger partial charge in [-0.3, -0.25) is 14.3 Å². The lowest BCUT2D eigenvalue weighted by molar-refractivity contribution is -0.121. The van der Waals surface area contributed by atoms with Crippen LogP contribution in [-0.2, 0) is 11.8 Å². The molecular weight excluding hydrogens is 282 g/mol. The molecule has 22 heavy (non-hydrogen) atoms. The van der Waals surface area contributed by atoms with Gasteiger partial charge in [0.2, 0.25) is 5.91 Å². The molecule has 0 aliphatic heterocycles. The topological polar surface area (TPSA) is 80.9 Å². The standard InChI is InChI=1S/C15H21N5O2/c1-15(2,3)18-12(21)10-16-13(22)11-9-17-19(4)14(11)20-7-5-6-8-20/h5-9H,10H2,1-4H3,(H,16,22)(H,18,21). The molecule has 0 atom stereocenters. The van der Waals surface area contributed by atoms with Crippen LogP contribution < -0.4 is 10.6 Å². The molecule has 0 unspecified atom stereocenters. The second-order valence-electron chi connectivity index (χ2n) is 6.08. The van der Waals surface area contributed by atoms with E-state index in [-0.39, 0.29) is 23.9 Å². The number of carbonyl (C=O) groups excluding carboxylic acids is 2.